The lowest BCUT2D eigenvalue weighted by Gasteiger charge is -2.25. The van der Waals surface area contributed by atoms with Crippen LogP contribution in [0.5, 0.6) is 0 Å². The number of fused-ring (bicyclic) bond motifs is 1. The average Bonchev–Trinajstić information content (AvgIpc) is 3.06. The molecule has 1 aromatic heterocycles. The van der Waals surface area contributed by atoms with E-state index in [1.54, 1.807) is 6.20 Å². The van der Waals surface area contributed by atoms with Gasteiger partial charge >= 0.3 is 0 Å². The number of hydrogen-bond acceptors (Lipinski definition) is 4. The predicted molar refractivity (Wildman–Crippen MR) is 103 cm³/mol. The Morgan fingerprint density at radius 3 is 2.89 bits per heavy atom. The molecule has 3 aliphatic rings. The highest BCUT2D eigenvalue weighted by Gasteiger charge is 2.35. The molecule has 1 saturated carbocycles. The Hall–Kier alpha value is -1.89. The van der Waals surface area contributed by atoms with Crippen LogP contribution in [0.15, 0.2) is 6.20 Å². The van der Waals surface area contributed by atoms with E-state index in [1.807, 2.05) is 9.58 Å². The molecule has 148 valence electrons. The highest BCUT2D eigenvalue weighted by molar-refractivity contribution is 5.95. The maximum Gasteiger partial charge on any atom is 0.257 e. The average molecular weight is 374 g/mol. The van der Waals surface area contributed by atoms with Gasteiger partial charge in [-0.2, -0.15) is 5.10 Å². The Bertz CT molecular complexity index is 697. The number of carbonyl (C=O) groups excluding carboxylic acids is 2. The van der Waals surface area contributed by atoms with Gasteiger partial charge in [0.05, 0.1) is 23.5 Å². The summed E-state index contributed by atoms with van der Waals surface area (Å²) in [5, 5.41) is 7.44. The van der Waals surface area contributed by atoms with Crippen LogP contribution in [0.4, 0.5) is 0 Å². The van der Waals surface area contributed by atoms with Crippen LogP contribution in [0.2, 0.25) is 0 Å². The fourth-order valence-electron chi connectivity index (χ4n) is 4.53. The van der Waals surface area contributed by atoms with Crippen LogP contribution < -0.4 is 5.32 Å². The number of carbonyl (C=O) groups is 2. The first kappa shape index (κ1) is 18.5. The first-order valence-electron chi connectivity index (χ1n) is 10.6. The van der Waals surface area contributed by atoms with Crippen LogP contribution in [0, 0.1) is 0 Å². The number of aryl methyl sites for hydroxylation is 1. The topological polar surface area (TPSA) is 70.5 Å². The van der Waals surface area contributed by atoms with E-state index in [9.17, 15) is 9.59 Å². The molecule has 0 radical (unpaired) electrons. The van der Waals surface area contributed by atoms with Gasteiger partial charge in [-0.05, 0) is 58.0 Å². The minimum atomic E-state index is 0.00831. The molecule has 3 heterocycles. The molecule has 1 aliphatic carbocycles. The second kappa shape index (κ2) is 8.00. The summed E-state index contributed by atoms with van der Waals surface area (Å²) in [7, 11) is 0. The Labute approximate surface area is 161 Å². The third-order valence-corrected chi connectivity index (χ3v) is 6.04. The van der Waals surface area contributed by atoms with Crippen molar-refractivity contribution >= 4 is 11.8 Å². The third-order valence-electron chi connectivity index (χ3n) is 6.04. The molecule has 1 unspecified atom stereocenters. The number of likely N-dealkylation sites (tertiary alicyclic amines) is 1. The first-order valence-corrected chi connectivity index (χ1v) is 10.6. The number of aromatic nitrogens is 2. The molecule has 1 aromatic rings. The first-order chi connectivity index (χ1) is 13.2. The van der Waals surface area contributed by atoms with Gasteiger partial charge in [0.1, 0.15) is 0 Å². The van der Waals surface area contributed by atoms with Crippen molar-refractivity contribution in [3.05, 3.63) is 17.5 Å². The second-order valence-corrected chi connectivity index (χ2v) is 8.05. The lowest BCUT2D eigenvalue weighted by Crippen LogP contribution is -2.46. The molecule has 2 fully saturated rings. The minimum Gasteiger partial charge on any atom is -0.353 e. The van der Waals surface area contributed by atoms with Crippen LogP contribution in [-0.2, 0) is 17.8 Å². The predicted octanol–water partition coefficient (Wildman–Crippen LogP) is 1.42. The van der Waals surface area contributed by atoms with Crippen LogP contribution in [0.25, 0.3) is 0 Å². The summed E-state index contributed by atoms with van der Waals surface area (Å²) in [6.07, 6.45) is 8.98. The zero-order chi connectivity index (χ0) is 18.8. The fraction of sp³-hybridized carbons (Fsp3) is 0.750. The van der Waals surface area contributed by atoms with Gasteiger partial charge in [0.25, 0.3) is 5.91 Å². The van der Waals surface area contributed by atoms with Crippen LogP contribution >= 0.6 is 0 Å². The molecule has 0 aromatic carbocycles. The van der Waals surface area contributed by atoms with E-state index in [-0.39, 0.29) is 17.9 Å². The Morgan fingerprint density at radius 1 is 1.26 bits per heavy atom. The molecule has 7 heteroatoms. The molecular weight excluding hydrogens is 342 g/mol. The summed E-state index contributed by atoms with van der Waals surface area (Å²) in [4.78, 5) is 29.9. The number of amides is 2. The van der Waals surface area contributed by atoms with Crippen molar-refractivity contribution in [3.63, 3.8) is 0 Å². The van der Waals surface area contributed by atoms with Crippen molar-refractivity contribution in [3.8, 4) is 0 Å². The van der Waals surface area contributed by atoms with Gasteiger partial charge in [-0.3, -0.25) is 19.2 Å². The smallest absolute Gasteiger partial charge is 0.257 e. The number of nitrogens with one attached hydrogen (secondary N) is 1. The molecule has 1 atom stereocenters. The summed E-state index contributed by atoms with van der Waals surface area (Å²) in [6.45, 7) is 6.18. The minimum absolute atomic E-state index is 0.00831. The summed E-state index contributed by atoms with van der Waals surface area (Å²) in [6, 6.07) is 0.336. The summed E-state index contributed by atoms with van der Waals surface area (Å²) in [5.41, 5.74) is 1.84. The summed E-state index contributed by atoms with van der Waals surface area (Å²) in [5.74, 6) is 0.207. The monoisotopic (exact) mass is 373 g/mol. The number of rotatable bonds is 8. The molecule has 27 heavy (non-hydrogen) atoms. The maximum absolute atomic E-state index is 13.1. The molecule has 1 saturated heterocycles. The van der Waals surface area contributed by atoms with E-state index in [4.69, 9.17) is 0 Å². The van der Waals surface area contributed by atoms with Gasteiger partial charge < -0.3 is 10.2 Å². The number of nitrogens with zero attached hydrogens (tertiary/aromatic N) is 4. The molecule has 0 bridgehead atoms. The molecule has 0 spiro atoms. The Morgan fingerprint density at radius 2 is 2.11 bits per heavy atom. The quantitative estimate of drug-likeness (QED) is 0.748. The van der Waals surface area contributed by atoms with Gasteiger partial charge in [-0.15, -0.1) is 0 Å². The fourth-order valence-corrected chi connectivity index (χ4v) is 4.53. The SMILES string of the molecule is CCCN1CCCC1C(=O)NCCN(C(=O)c1cnn2c1CCC2)C1CC1. The molecule has 2 aliphatic heterocycles. The second-order valence-electron chi connectivity index (χ2n) is 8.05. The molecule has 4 rings (SSSR count). The van der Waals surface area contributed by atoms with Crippen molar-refractivity contribution < 1.29 is 9.59 Å². The van der Waals surface area contributed by atoms with E-state index < -0.39 is 0 Å². The van der Waals surface area contributed by atoms with Crippen LogP contribution in [-0.4, -0.2) is 69.7 Å². The van der Waals surface area contributed by atoms with Crippen LogP contribution in [0.3, 0.4) is 0 Å². The molecular formula is C20H31N5O2. The van der Waals surface area contributed by atoms with E-state index in [1.165, 1.54) is 0 Å². The van der Waals surface area contributed by atoms with Crippen molar-refractivity contribution in [2.75, 3.05) is 26.2 Å². The molecule has 1 N–H and O–H groups in total. The Kier molecular flexibility index (Phi) is 5.48. The zero-order valence-electron chi connectivity index (χ0n) is 16.3. The standard InChI is InChI=1S/C20H31N5O2/c1-2-10-23-11-3-6-18(23)19(26)21-9-13-24(15-7-8-15)20(27)16-14-22-25-12-4-5-17(16)25/h14-15,18H,2-13H2,1H3,(H,21,26). The summed E-state index contributed by atoms with van der Waals surface area (Å²) >= 11 is 0. The largest absolute Gasteiger partial charge is 0.353 e. The third kappa shape index (κ3) is 3.88. The lowest BCUT2D eigenvalue weighted by atomic mass is 10.1. The molecule has 7 nitrogen and oxygen atoms in total. The van der Waals surface area contributed by atoms with E-state index in [0.717, 1.165) is 75.8 Å². The van der Waals surface area contributed by atoms with Gasteiger partial charge in [0.15, 0.2) is 0 Å². The van der Waals surface area contributed by atoms with E-state index in [2.05, 4.69) is 22.2 Å². The van der Waals surface area contributed by atoms with Crippen molar-refractivity contribution in [2.24, 2.45) is 0 Å². The van der Waals surface area contributed by atoms with Gasteiger partial charge in [0, 0.05) is 25.7 Å². The Balaban J connectivity index is 1.33. The maximum atomic E-state index is 13.1. The highest BCUT2D eigenvalue weighted by atomic mass is 16.2. The molecule has 2 amide bonds. The summed E-state index contributed by atoms with van der Waals surface area (Å²) < 4.78 is 1.96. The van der Waals surface area contributed by atoms with E-state index >= 15 is 0 Å². The van der Waals surface area contributed by atoms with Gasteiger partial charge in [-0.25, -0.2) is 0 Å². The zero-order valence-corrected chi connectivity index (χ0v) is 16.3. The van der Waals surface area contributed by atoms with E-state index in [0.29, 0.717) is 19.1 Å². The van der Waals surface area contributed by atoms with Crippen molar-refractivity contribution in [2.45, 2.75) is 70.5 Å². The highest BCUT2D eigenvalue weighted by Crippen LogP contribution is 2.29. The number of hydrogen-bond donors (Lipinski definition) is 1. The van der Waals surface area contributed by atoms with Crippen LogP contribution in [0.1, 0.15) is 61.5 Å². The van der Waals surface area contributed by atoms with Gasteiger partial charge in [-0.1, -0.05) is 6.92 Å². The van der Waals surface area contributed by atoms with Crippen molar-refractivity contribution in [1.29, 1.82) is 0 Å². The van der Waals surface area contributed by atoms with Crippen molar-refractivity contribution in [1.82, 2.24) is 24.9 Å². The lowest BCUT2D eigenvalue weighted by molar-refractivity contribution is -0.125. The van der Waals surface area contributed by atoms with Gasteiger partial charge in [0.2, 0.25) is 5.91 Å². The normalized spacial score (nSPS) is 22.0.